The van der Waals surface area contributed by atoms with Gasteiger partial charge in [0.2, 0.25) is 5.91 Å². The lowest BCUT2D eigenvalue weighted by Crippen LogP contribution is -2.08. The second kappa shape index (κ2) is 3.40. The standard InChI is InChI=1S/C7H8ClN3O/c1-4(12)10-5-2-3-6(8)11-7(5)9/h2-3H,1H3,(H2,9,11)(H,10,12). The van der Waals surface area contributed by atoms with Crippen LogP contribution in [0.15, 0.2) is 12.1 Å². The molecule has 0 aliphatic carbocycles. The fraction of sp³-hybridized carbons (Fsp3) is 0.143. The minimum absolute atomic E-state index is 0.189. The molecule has 4 nitrogen and oxygen atoms in total. The summed E-state index contributed by atoms with van der Waals surface area (Å²) in [5, 5.41) is 2.82. The van der Waals surface area contributed by atoms with E-state index < -0.39 is 0 Å². The Kier molecular flexibility index (Phi) is 2.50. The van der Waals surface area contributed by atoms with Gasteiger partial charge >= 0.3 is 0 Å². The van der Waals surface area contributed by atoms with Crippen LogP contribution in [0.4, 0.5) is 11.5 Å². The van der Waals surface area contributed by atoms with Crippen molar-refractivity contribution in [3.8, 4) is 0 Å². The van der Waals surface area contributed by atoms with Crippen molar-refractivity contribution in [1.29, 1.82) is 0 Å². The first kappa shape index (κ1) is 8.80. The molecule has 3 N–H and O–H groups in total. The van der Waals surface area contributed by atoms with E-state index >= 15 is 0 Å². The number of carbonyl (C=O) groups excluding carboxylic acids is 1. The summed E-state index contributed by atoms with van der Waals surface area (Å²) in [5.41, 5.74) is 5.94. The number of hydrogen-bond donors (Lipinski definition) is 2. The maximum Gasteiger partial charge on any atom is 0.221 e. The Hall–Kier alpha value is -1.29. The van der Waals surface area contributed by atoms with Crippen LogP contribution in [0.2, 0.25) is 5.15 Å². The van der Waals surface area contributed by atoms with Crippen molar-refractivity contribution < 1.29 is 4.79 Å². The third-order valence-electron chi connectivity index (χ3n) is 1.20. The summed E-state index contributed by atoms with van der Waals surface area (Å²) in [4.78, 5) is 14.4. The van der Waals surface area contributed by atoms with Crippen LogP contribution in [0.5, 0.6) is 0 Å². The van der Waals surface area contributed by atoms with E-state index in [2.05, 4.69) is 10.3 Å². The van der Waals surface area contributed by atoms with Gasteiger partial charge in [0.05, 0.1) is 5.69 Å². The first-order valence-electron chi connectivity index (χ1n) is 3.29. The molecule has 1 heterocycles. The lowest BCUT2D eigenvalue weighted by molar-refractivity contribution is -0.114. The van der Waals surface area contributed by atoms with Crippen LogP contribution in [0.1, 0.15) is 6.92 Å². The first-order chi connectivity index (χ1) is 5.59. The number of pyridine rings is 1. The molecule has 0 saturated carbocycles. The summed E-state index contributed by atoms with van der Waals surface area (Å²) in [6.45, 7) is 1.40. The Morgan fingerprint density at radius 1 is 1.67 bits per heavy atom. The summed E-state index contributed by atoms with van der Waals surface area (Å²) in [6.07, 6.45) is 0. The van der Waals surface area contributed by atoms with Gasteiger partial charge in [0.25, 0.3) is 0 Å². The highest BCUT2D eigenvalue weighted by molar-refractivity contribution is 6.29. The molecule has 1 amide bonds. The first-order valence-corrected chi connectivity index (χ1v) is 3.67. The van der Waals surface area contributed by atoms with Gasteiger partial charge in [-0.15, -0.1) is 0 Å². The van der Waals surface area contributed by atoms with Gasteiger partial charge in [0.1, 0.15) is 11.0 Å². The molecular formula is C7H8ClN3O. The molecule has 64 valence electrons. The van der Waals surface area contributed by atoms with Gasteiger partial charge in [-0.1, -0.05) is 11.6 Å². The molecule has 0 fully saturated rings. The van der Waals surface area contributed by atoms with Gasteiger partial charge < -0.3 is 11.1 Å². The van der Waals surface area contributed by atoms with Crippen molar-refractivity contribution in [3.63, 3.8) is 0 Å². The van der Waals surface area contributed by atoms with Gasteiger partial charge in [-0.2, -0.15) is 0 Å². The number of nitrogen functional groups attached to an aromatic ring is 1. The average Bonchev–Trinajstić information content (AvgIpc) is 1.94. The Labute approximate surface area is 74.7 Å². The van der Waals surface area contributed by atoms with Crippen molar-refractivity contribution in [2.75, 3.05) is 11.1 Å². The quantitative estimate of drug-likeness (QED) is 0.648. The van der Waals surface area contributed by atoms with E-state index in [1.165, 1.54) is 6.92 Å². The Morgan fingerprint density at radius 2 is 2.33 bits per heavy atom. The van der Waals surface area contributed by atoms with Crippen LogP contribution in [-0.2, 0) is 4.79 Å². The second-order valence-corrected chi connectivity index (χ2v) is 2.64. The molecule has 0 saturated heterocycles. The monoisotopic (exact) mass is 185 g/mol. The zero-order valence-corrected chi connectivity index (χ0v) is 7.22. The summed E-state index contributed by atoms with van der Waals surface area (Å²) in [5.74, 6) is 0.0310. The molecular weight excluding hydrogens is 178 g/mol. The fourth-order valence-electron chi connectivity index (χ4n) is 0.745. The minimum atomic E-state index is -0.189. The second-order valence-electron chi connectivity index (χ2n) is 2.25. The molecule has 0 aliphatic rings. The molecule has 1 aromatic heterocycles. The number of amides is 1. The number of nitrogens with zero attached hydrogens (tertiary/aromatic N) is 1. The van der Waals surface area contributed by atoms with Crippen LogP contribution < -0.4 is 11.1 Å². The minimum Gasteiger partial charge on any atom is -0.382 e. The third-order valence-corrected chi connectivity index (χ3v) is 1.41. The van der Waals surface area contributed by atoms with Crippen LogP contribution in [-0.4, -0.2) is 10.9 Å². The highest BCUT2D eigenvalue weighted by atomic mass is 35.5. The van der Waals surface area contributed by atoms with E-state index in [9.17, 15) is 4.79 Å². The van der Waals surface area contributed by atoms with E-state index in [1.54, 1.807) is 12.1 Å². The Bertz CT molecular complexity index is 314. The number of halogens is 1. The largest absolute Gasteiger partial charge is 0.382 e. The van der Waals surface area contributed by atoms with Crippen molar-refractivity contribution in [1.82, 2.24) is 4.98 Å². The molecule has 5 heteroatoms. The molecule has 1 aromatic rings. The number of anilines is 2. The normalized spacial score (nSPS) is 9.50. The van der Waals surface area contributed by atoms with E-state index in [0.29, 0.717) is 10.8 Å². The topological polar surface area (TPSA) is 68.0 Å². The van der Waals surface area contributed by atoms with Crippen molar-refractivity contribution in [3.05, 3.63) is 17.3 Å². The van der Waals surface area contributed by atoms with Crippen molar-refractivity contribution in [2.45, 2.75) is 6.92 Å². The molecule has 0 unspecified atom stereocenters. The molecule has 0 atom stereocenters. The summed E-state index contributed by atoms with van der Waals surface area (Å²) < 4.78 is 0. The number of carbonyl (C=O) groups is 1. The number of nitrogens with one attached hydrogen (secondary N) is 1. The maximum atomic E-state index is 10.6. The van der Waals surface area contributed by atoms with E-state index in [4.69, 9.17) is 17.3 Å². The zero-order valence-electron chi connectivity index (χ0n) is 6.47. The smallest absolute Gasteiger partial charge is 0.221 e. The van der Waals surface area contributed by atoms with Gasteiger partial charge in [-0.05, 0) is 12.1 Å². The third kappa shape index (κ3) is 2.10. The van der Waals surface area contributed by atoms with Crippen LogP contribution >= 0.6 is 11.6 Å². The Balaban J connectivity index is 2.93. The summed E-state index contributed by atoms with van der Waals surface area (Å²) >= 11 is 5.55. The lowest BCUT2D eigenvalue weighted by atomic mass is 10.4. The SMILES string of the molecule is CC(=O)Nc1ccc(Cl)nc1N. The predicted molar refractivity (Wildman–Crippen MR) is 48.0 cm³/mol. The van der Waals surface area contributed by atoms with Gasteiger partial charge in [0, 0.05) is 6.92 Å². The molecule has 0 radical (unpaired) electrons. The van der Waals surface area contributed by atoms with E-state index in [0.717, 1.165) is 0 Å². The molecule has 0 aliphatic heterocycles. The highest BCUT2D eigenvalue weighted by Crippen LogP contribution is 2.17. The molecule has 0 spiro atoms. The van der Waals surface area contributed by atoms with E-state index in [-0.39, 0.29) is 11.7 Å². The maximum absolute atomic E-state index is 10.6. The van der Waals surface area contributed by atoms with Crippen LogP contribution in [0.25, 0.3) is 0 Å². The lowest BCUT2D eigenvalue weighted by Gasteiger charge is -2.04. The Morgan fingerprint density at radius 3 is 2.83 bits per heavy atom. The number of rotatable bonds is 1. The van der Waals surface area contributed by atoms with Gasteiger partial charge in [-0.25, -0.2) is 4.98 Å². The highest BCUT2D eigenvalue weighted by Gasteiger charge is 2.01. The molecule has 1 rings (SSSR count). The number of aromatic nitrogens is 1. The number of nitrogens with two attached hydrogens (primary N) is 1. The summed E-state index contributed by atoms with van der Waals surface area (Å²) in [6, 6.07) is 3.16. The number of hydrogen-bond acceptors (Lipinski definition) is 3. The average molecular weight is 186 g/mol. The van der Waals surface area contributed by atoms with E-state index in [1.807, 2.05) is 0 Å². The molecule has 0 bridgehead atoms. The van der Waals surface area contributed by atoms with Gasteiger partial charge in [0.15, 0.2) is 0 Å². The fourth-order valence-corrected chi connectivity index (χ4v) is 0.899. The van der Waals surface area contributed by atoms with Crippen LogP contribution in [0, 0.1) is 0 Å². The predicted octanol–water partition coefficient (Wildman–Crippen LogP) is 1.28. The van der Waals surface area contributed by atoms with Crippen LogP contribution in [0.3, 0.4) is 0 Å². The molecule has 0 aromatic carbocycles. The zero-order chi connectivity index (χ0) is 9.14. The molecule has 12 heavy (non-hydrogen) atoms. The van der Waals surface area contributed by atoms with Crippen molar-refractivity contribution in [2.24, 2.45) is 0 Å². The van der Waals surface area contributed by atoms with Gasteiger partial charge in [-0.3, -0.25) is 4.79 Å². The summed E-state index contributed by atoms with van der Waals surface area (Å²) in [7, 11) is 0. The van der Waals surface area contributed by atoms with Crippen molar-refractivity contribution >= 4 is 29.0 Å².